The van der Waals surface area contributed by atoms with E-state index in [0.29, 0.717) is 12.2 Å². The summed E-state index contributed by atoms with van der Waals surface area (Å²) in [6, 6.07) is 7.68. The van der Waals surface area contributed by atoms with E-state index in [2.05, 4.69) is 20.9 Å². The number of thioether (sulfide) groups is 1. The number of alkyl halides is 3. The van der Waals surface area contributed by atoms with Crippen LogP contribution in [0.3, 0.4) is 0 Å². The molecule has 176 valence electrons. The number of ether oxygens (including phenoxy) is 3. The van der Waals surface area contributed by atoms with Crippen LogP contribution in [0.4, 0.5) is 13.2 Å². The Morgan fingerprint density at radius 3 is 2.79 bits per heavy atom. The summed E-state index contributed by atoms with van der Waals surface area (Å²) >= 11 is 4.88. The van der Waals surface area contributed by atoms with Crippen LogP contribution in [0, 0.1) is 6.92 Å². The van der Waals surface area contributed by atoms with Crippen LogP contribution in [0.25, 0.3) is 0 Å². The molecule has 2 aromatic rings. The largest absolute Gasteiger partial charge is 0.482 e. The lowest BCUT2D eigenvalue weighted by atomic mass is 10.1. The van der Waals surface area contributed by atoms with Gasteiger partial charge in [-0.15, -0.1) is 0 Å². The molecule has 1 aliphatic rings. The third kappa shape index (κ3) is 7.26. The van der Waals surface area contributed by atoms with Crippen molar-refractivity contribution in [1.29, 1.82) is 0 Å². The number of aryl methyl sites for hydroxylation is 1. The lowest BCUT2D eigenvalue weighted by Gasteiger charge is -2.22. The molecular formula is C23H21BrF3NO4S. The number of benzene rings is 1. The highest BCUT2D eigenvalue weighted by atomic mass is 79.9. The second-order valence-electron chi connectivity index (χ2n) is 7.00. The fourth-order valence-electron chi connectivity index (χ4n) is 3.00. The normalized spacial score (nSPS) is 16.0. The Morgan fingerprint density at radius 1 is 1.30 bits per heavy atom. The van der Waals surface area contributed by atoms with Gasteiger partial charge in [0.1, 0.15) is 17.4 Å². The molecule has 1 aliphatic carbocycles. The van der Waals surface area contributed by atoms with Gasteiger partial charge >= 0.3 is 12.1 Å². The molecular weight excluding hydrogens is 523 g/mol. The smallest absolute Gasteiger partial charge is 0.421 e. The first kappa shape index (κ1) is 25.2. The van der Waals surface area contributed by atoms with Gasteiger partial charge in [0.2, 0.25) is 5.88 Å². The first-order valence-electron chi connectivity index (χ1n) is 9.99. The van der Waals surface area contributed by atoms with Crippen molar-refractivity contribution in [1.82, 2.24) is 4.98 Å². The maximum atomic E-state index is 13.3. The highest BCUT2D eigenvalue weighted by molar-refractivity contribution is 9.11. The molecule has 1 atom stereocenters. The Morgan fingerprint density at radius 2 is 2.09 bits per heavy atom. The van der Waals surface area contributed by atoms with Crippen molar-refractivity contribution < 1.29 is 32.2 Å². The Bertz CT molecular complexity index is 1070. The average Bonchev–Trinajstić information content (AvgIpc) is 2.72. The van der Waals surface area contributed by atoms with E-state index >= 15 is 0 Å². The molecule has 33 heavy (non-hydrogen) atoms. The van der Waals surface area contributed by atoms with E-state index in [1.807, 2.05) is 25.1 Å². The first-order chi connectivity index (χ1) is 15.7. The number of carbonyl (C=O) groups is 1. The van der Waals surface area contributed by atoms with Gasteiger partial charge in [-0.05, 0) is 61.9 Å². The van der Waals surface area contributed by atoms with Gasteiger partial charge in [0, 0.05) is 26.9 Å². The van der Waals surface area contributed by atoms with Gasteiger partial charge in [0.15, 0.2) is 6.61 Å². The lowest BCUT2D eigenvalue weighted by molar-refractivity contribution is -0.145. The van der Waals surface area contributed by atoms with Gasteiger partial charge < -0.3 is 14.2 Å². The van der Waals surface area contributed by atoms with Crippen molar-refractivity contribution in [3.05, 3.63) is 69.2 Å². The van der Waals surface area contributed by atoms with E-state index in [9.17, 15) is 18.0 Å². The summed E-state index contributed by atoms with van der Waals surface area (Å²) in [5.74, 6) is -0.320. The molecule has 0 radical (unpaired) electrons. The molecule has 0 amide bonds. The van der Waals surface area contributed by atoms with Crippen LogP contribution in [-0.2, 0) is 15.7 Å². The summed E-state index contributed by atoms with van der Waals surface area (Å²) in [5, 5.41) is 0. The van der Waals surface area contributed by atoms with Crippen LogP contribution < -0.4 is 9.47 Å². The maximum Gasteiger partial charge on any atom is 0.421 e. The van der Waals surface area contributed by atoms with Crippen molar-refractivity contribution in [3.63, 3.8) is 0 Å². The molecule has 0 saturated carbocycles. The van der Waals surface area contributed by atoms with E-state index < -0.39 is 29.7 Å². The summed E-state index contributed by atoms with van der Waals surface area (Å²) in [6.07, 6.45) is 0.153. The van der Waals surface area contributed by atoms with Gasteiger partial charge in [0.05, 0.1) is 6.61 Å². The summed E-state index contributed by atoms with van der Waals surface area (Å²) in [6.45, 7) is 3.70. The molecule has 5 nitrogen and oxygen atoms in total. The van der Waals surface area contributed by atoms with Crippen molar-refractivity contribution in [2.45, 2.75) is 37.4 Å². The van der Waals surface area contributed by atoms with Gasteiger partial charge in [-0.1, -0.05) is 27.7 Å². The number of pyridine rings is 1. The van der Waals surface area contributed by atoms with E-state index in [4.69, 9.17) is 14.2 Å². The van der Waals surface area contributed by atoms with Crippen LogP contribution in [0.1, 0.15) is 24.5 Å². The number of aromatic nitrogens is 1. The Hall–Kier alpha value is -2.46. The minimum atomic E-state index is -4.55. The number of hydrogen-bond acceptors (Lipinski definition) is 6. The Balaban J connectivity index is 1.71. The van der Waals surface area contributed by atoms with E-state index in [-0.39, 0.29) is 13.2 Å². The fourth-order valence-corrected chi connectivity index (χ4v) is 4.78. The quantitative estimate of drug-likeness (QED) is 0.356. The first-order valence-corrected chi connectivity index (χ1v) is 11.6. The van der Waals surface area contributed by atoms with E-state index in [1.54, 1.807) is 19.1 Å². The highest BCUT2D eigenvalue weighted by Gasteiger charge is 2.35. The topological polar surface area (TPSA) is 57.7 Å². The minimum absolute atomic E-state index is 0.172. The zero-order valence-electron chi connectivity index (χ0n) is 17.8. The van der Waals surface area contributed by atoms with Crippen LogP contribution >= 0.6 is 27.7 Å². The van der Waals surface area contributed by atoms with Gasteiger partial charge in [-0.25, -0.2) is 9.78 Å². The van der Waals surface area contributed by atoms with Gasteiger partial charge in [-0.3, -0.25) is 0 Å². The Kier molecular flexibility index (Phi) is 8.47. The molecule has 1 heterocycles. The number of halogens is 4. The van der Waals surface area contributed by atoms with Crippen molar-refractivity contribution in [2.24, 2.45) is 0 Å². The summed E-state index contributed by atoms with van der Waals surface area (Å²) < 4.78 is 56.5. The van der Waals surface area contributed by atoms with Gasteiger partial charge in [-0.2, -0.15) is 13.2 Å². The van der Waals surface area contributed by atoms with Crippen LogP contribution in [0.15, 0.2) is 63.0 Å². The molecule has 10 heteroatoms. The number of esters is 1. The molecule has 0 saturated heterocycles. The molecule has 1 aromatic heterocycles. The summed E-state index contributed by atoms with van der Waals surface area (Å²) in [4.78, 5) is 17.0. The van der Waals surface area contributed by atoms with Crippen molar-refractivity contribution in [3.8, 4) is 11.6 Å². The second kappa shape index (κ2) is 11.1. The molecule has 1 unspecified atom stereocenters. The van der Waals surface area contributed by atoms with Crippen LogP contribution in [0.2, 0.25) is 0 Å². The Labute approximate surface area is 202 Å². The molecule has 0 bridgehead atoms. The van der Waals surface area contributed by atoms with Crippen molar-refractivity contribution in [2.75, 3.05) is 13.2 Å². The molecule has 0 aliphatic heterocycles. The maximum absolute atomic E-state index is 13.3. The molecule has 0 spiro atoms. The summed E-state index contributed by atoms with van der Waals surface area (Å²) in [5.41, 5.74) is -0.0767. The third-order valence-electron chi connectivity index (χ3n) is 4.42. The third-order valence-corrected chi connectivity index (χ3v) is 5.95. The highest BCUT2D eigenvalue weighted by Crippen LogP contribution is 2.39. The average molecular weight is 544 g/mol. The molecule has 0 N–H and O–H groups in total. The molecule has 1 aromatic carbocycles. The standard InChI is InChI=1S/C23H21BrF3NO4S/c1-3-30-21(29)13-31-20-7-6-17(9-14(20)2)33-18-11-15(24)10-16(12-18)32-22-19(23(25,26)27)5-4-8-28-22/h4-9,11-12,16H,3,10,13H2,1-2H3. The number of nitrogens with zero attached hydrogens (tertiary/aromatic N) is 1. The number of allylic oxidation sites excluding steroid dienone is 1. The molecule has 0 fully saturated rings. The summed E-state index contributed by atoms with van der Waals surface area (Å²) in [7, 11) is 0. The molecule has 3 rings (SSSR count). The van der Waals surface area contributed by atoms with E-state index in [1.165, 1.54) is 24.0 Å². The lowest BCUT2D eigenvalue weighted by Crippen LogP contribution is -2.19. The zero-order valence-corrected chi connectivity index (χ0v) is 20.2. The number of hydrogen-bond donors (Lipinski definition) is 0. The number of carbonyl (C=O) groups excluding carboxylic acids is 1. The second-order valence-corrected chi connectivity index (χ2v) is 9.16. The van der Waals surface area contributed by atoms with Gasteiger partial charge in [0.25, 0.3) is 0 Å². The van der Waals surface area contributed by atoms with E-state index in [0.717, 1.165) is 25.9 Å². The monoisotopic (exact) mass is 543 g/mol. The van der Waals surface area contributed by atoms with Crippen LogP contribution in [0.5, 0.6) is 11.6 Å². The van der Waals surface area contributed by atoms with Crippen LogP contribution in [-0.4, -0.2) is 30.3 Å². The predicted octanol–water partition coefficient (Wildman–Crippen LogP) is 6.46. The predicted molar refractivity (Wildman–Crippen MR) is 123 cm³/mol. The zero-order chi connectivity index (χ0) is 24.0. The fraction of sp³-hybridized carbons (Fsp3) is 0.304. The number of rotatable bonds is 8. The van der Waals surface area contributed by atoms with Crippen molar-refractivity contribution >= 4 is 33.7 Å². The minimum Gasteiger partial charge on any atom is -0.482 e. The SMILES string of the molecule is CCOC(=O)COc1ccc(SC2=CC(Oc3ncccc3C(F)(F)F)CC(Br)=C2)cc1C.